The molecule has 3 heterocycles. The number of thioether (sulfide) groups is 1. The molecule has 0 radical (unpaired) electrons. The molecule has 1 spiro atoms. The third-order valence-corrected chi connectivity index (χ3v) is 9.57. The maximum Gasteiger partial charge on any atom is 0.310 e. The summed E-state index contributed by atoms with van der Waals surface area (Å²) in [4.78, 5) is 44.3. The molecule has 3 fully saturated rings. The summed E-state index contributed by atoms with van der Waals surface area (Å²) in [5.74, 6) is -1.64. The van der Waals surface area contributed by atoms with E-state index in [0.717, 1.165) is 19.3 Å². The predicted molar refractivity (Wildman–Crippen MR) is 125 cm³/mol. The molecule has 7 nitrogen and oxygen atoms in total. The fourth-order valence-electron chi connectivity index (χ4n) is 6.02. The minimum atomic E-state index is -0.696. The van der Waals surface area contributed by atoms with E-state index in [9.17, 15) is 19.5 Å². The molecule has 7 atom stereocenters. The number of aliphatic hydroxyl groups is 1. The quantitative estimate of drug-likeness (QED) is 0.372. The molecule has 0 aliphatic carbocycles. The fraction of sp³-hybridized carbons (Fsp3) is 0.792. The number of fused-ring (bicyclic) bond motifs is 1. The lowest BCUT2D eigenvalue weighted by Gasteiger charge is -2.42. The smallest absolute Gasteiger partial charge is 0.310 e. The van der Waals surface area contributed by atoms with Gasteiger partial charge in [0.2, 0.25) is 11.8 Å². The summed E-state index contributed by atoms with van der Waals surface area (Å²) in [5, 5.41) is 10.1. The van der Waals surface area contributed by atoms with Crippen LogP contribution in [0.5, 0.6) is 0 Å². The maximum atomic E-state index is 14.1. The van der Waals surface area contributed by atoms with Crippen LogP contribution >= 0.6 is 11.8 Å². The second kappa shape index (κ2) is 10.2. The van der Waals surface area contributed by atoms with Crippen molar-refractivity contribution in [1.29, 1.82) is 0 Å². The predicted octanol–water partition coefficient (Wildman–Crippen LogP) is 2.47. The van der Waals surface area contributed by atoms with Gasteiger partial charge in [-0.3, -0.25) is 14.4 Å². The summed E-state index contributed by atoms with van der Waals surface area (Å²) < 4.78 is 4.69. The minimum absolute atomic E-state index is 0.0202. The van der Waals surface area contributed by atoms with Crippen LogP contribution in [-0.4, -0.2) is 81.1 Å². The summed E-state index contributed by atoms with van der Waals surface area (Å²) in [6.45, 7) is 12.7. The maximum absolute atomic E-state index is 14.1. The number of likely N-dealkylation sites (tertiary alicyclic amines) is 1. The van der Waals surface area contributed by atoms with Crippen molar-refractivity contribution in [3.63, 3.8) is 0 Å². The molecule has 3 saturated heterocycles. The third-order valence-electron chi connectivity index (χ3n) is 7.49. The van der Waals surface area contributed by atoms with Gasteiger partial charge >= 0.3 is 5.97 Å². The molecule has 32 heavy (non-hydrogen) atoms. The second-order valence-corrected chi connectivity index (χ2v) is 10.8. The van der Waals surface area contributed by atoms with E-state index in [0.29, 0.717) is 19.5 Å². The van der Waals surface area contributed by atoms with Crippen molar-refractivity contribution >= 4 is 29.5 Å². The number of hydrogen-bond acceptors (Lipinski definition) is 6. The lowest BCUT2D eigenvalue weighted by Crippen LogP contribution is -2.59. The van der Waals surface area contributed by atoms with Crippen LogP contribution in [0.25, 0.3) is 0 Å². The van der Waals surface area contributed by atoms with E-state index in [-0.39, 0.29) is 42.2 Å². The number of amides is 2. The van der Waals surface area contributed by atoms with Crippen LogP contribution in [0, 0.1) is 17.8 Å². The largest absolute Gasteiger partial charge is 0.466 e. The van der Waals surface area contributed by atoms with E-state index < -0.39 is 28.7 Å². The molecule has 0 aromatic rings. The van der Waals surface area contributed by atoms with E-state index in [1.165, 1.54) is 0 Å². The van der Waals surface area contributed by atoms with Crippen molar-refractivity contribution in [3.05, 3.63) is 12.7 Å². The van der Waals surface area contributed by atoms with Gasteiger partial charge in [-0.2, -0.15) is 0 Å². The Bertz CT molecular complexity index is 742. The number of unbranched alkanes of at least 4 members (excludes halogenated alkanes) is 1. The molecular formula is C24H38N2O5S. The van der Waals surface area contributed by atoms with E-state index in [1.54, 1.807) is 34.6 Å². The Hall–Kier alpha value is -1.54. The first-order valence-electron chi connectivity index (χ1n) is 12.0. The number of hydrogen-bond donors (Lipinski definition) is 1. The van der Waals surface area contributed by atoms with Gasteiger partial charge in [0.25, 0.3) is 0 Å². The van der Waals surface area contributed by atoms with Crippen molar-refractivity contribution in [2.75, 3.05) is 26.3 Å². The Balaban J connectivity index is 2.10. The van der Waals surface area contributed by atoms with Crippen LogP contribution in [-0.2, 0) is 19.1 Å². The van der Waals surface area contributed by atoms with Crippen molar-refractivity contribution in [2.24, 2.45) is 17.8 Å². The van der Waals surface area contributed by atoms with E-state index >= 15 is 0 Å². The van der Waals surface area contributed by atoms with Gasteiger partial charge in [-0.25, -0.2) is 0 Å². The molecule has 3 rings (SSSR count). The van der Waals surface area contributed by atoms with E-state index in [2.05, 4.69) is 20.4 Å². The first-order chi connectivity index (χ1) is 15.3. The van der Waals surface area contributed by atoms with Crippen molar-refractivity contribution in [2.45, 2.75) is 75.5 Å². The number of carbonyl (C=O) groups is 3. The summed E-state index contributed by atoms with van der Waals surface area (Å²) in [6, 6.07) is -1.15. The van der Waals surface area contributed by atoms with Crippen molar-refractivity contribution < 1.29 is 24.2 Å². The van der Waals surface area contributed by atoms with Gasteiger partial charge in [-0.1, -0.05) is 33.3 Å². The molecule has 2 amide bonds. The molecule has 180 valence electrons. The Morgan fingerprint density at radius 2 is 2.12 bits per heavy atom. The van der Waals surface area contributed by atoms with Crippen LogP contribution in [0.3, 0.4) is 0 Å². The highest BCUT2D eigenvalue weighted by atomic mass is 32.2. The van der Waals surface area contributed by atoms with Gasteiger partial charge in [-0.05, 0) is 32.1 Å². The lowest BCUT2D eigenvalue weighted by molar-refractivity contribution is -0.154. The van der Waals surface area contributed by atoms with Gasteiger partial charge in [0.05, 0.1) is 35.8 Å². The number of aliphatic hydroxyl groups excluding tert-OH is 1. The summed E-state index contributed by atoms with van der Waals surface area (Å²) in [7, 11) is 0. The van der Waals surface area contributed by atoms with Crippen LogP contribution in [0.2, 0.25) is 0 Å². The highest BCUT2D eigenvalue weighted by Crippen LogP contribution is 2.69. The van der Waals surface area contributed by atoms with Crippen molar-refractivity contribution in [3.8, 4) is 0 Å². The Labute approximate surface area is 195 Å². The second-order valence-electron chi connectivity index (χ2n) is 9.22. The molecule has 8 heteroatoms. The number of carbonyl (C=O) groups excluding carboxylic acids is 3. The average Bonchev–Trinajstić information content (AvgIpc) is 3.36. The molecule has 2 bridgehead atoms. The van der Waals surface area contributed by atoms with Gasteiger partial charge in [0, 0.05) is 18.3 Å². The van der Waals surface area contributed by atoms with E-state index in [1.807, 2.05) is 6.92 Å². The topological polar surface area (TPSA) is 87.2 Å². The molecular weight excluding hydrogens is 428 g/mol. The minimum Gasteiger partial charge on any atom is -0.466 e. The zero-order valence-electron chi connectivity index (χ0n) is 19.8. The van der Waals surface area contributed by atoms with Gasteiger partial charge in [-0.15, -0.1) is 18.3 Å². The zero-order valence-corrected chi connectivity index (χ0v) is 20.6. The van der Waals surface area contributed by atoms with Crippen LogP contribution in [0.1, 0.15) is 53.4 Å². The van der Waals surface area contributed by atoms with Crippen LogP contribution < -0.4 is 0 Å². The molecule has 3 aliphatic rings. The standard InChI is InChI=1S/C24H38N2O5S/c1-6-10-12-25(11-7-2)22(29)20-24-15(5)13-17(32-24)18(23(30)31-9-4)19(24)21(28)26(20)16(8-3)14-27/h7,15-20,27H,2,6,8-14H2,1,3-5H3/t15?,16-,17-,18+,19-,20?,24?/m0/s1. The Morgan fingerprint density at radius 1 is 1.41 bits per heavy atom. The summed E-state index contributed by atoms with van der Waals surface area (Å²) in [6.07, 6.45) is 4.86. The first kappa shape index (κ1) is 25.1. The summed E-state index contributed by atoms with van der Waals surface area (Å²) >= 11 is 1.64. The molecule has 3 aliphatic heterocycles. The third kappa shape index (κ3) is 3.77. The first-order valence-corrected chi connectivity index (χ1v) is 12.9. The Morgan fingerprint density at radius 3 is 2.69 bits per heavy atom. The SMILES string of the molecule is C=CCN(CCCC)C(=O)C1N([C@@H](CC)CO)C(=O)[C@@H]2[C@H](C(=O)OCC)[C@@H]3CC(C)C12S3. The number of nitrogens with zero attached hydrogens (tertiary/aromatic N) is 2. The highest BCUT2D eigenvalue weighted by molar-refractivity contribution is 8.02. The van der Waals surface area contributed by atoms with Gasteiger partial charge in [0.1, 0.15) is 6.04 Å². The fourth-order valence-corrected chi connectivity index (χ4v) is 8.41. The van der Waals surface area contributed by atoms with Crippen LogP contribution in [0.15, 0.2) is 12.7 Å². The number of rotatable bonds is 11. The lowest BCUT2D eigenvalue weighted by atomic mass is 9.66. The van der Waals surface area contributed by atoms with Gasteiger partial charge in [0.15, 0.2) is 0 Å². The van der Waals surface area contributed by atoms with E-state index in [4.69, 9.17) is 4.74 Å². The van der Waals surface area contributed by atoms with Crippen molar-refractivity contribution in [1.82, 2.24) is 9.80 Å². The number of ether oxygens (including phenoxy) is 1. The molecule has 0 aromatic heterocycles. The molecule has 0 aromatic carbocycles. The molecule has 3 unspecified atom stereocenters. The number of esters is 1. The normalized spacial score (nSPS) is 33.8. The zero-order chi connectivity index (χ0) is 23.6. The van der Waals surface area contributed by atoms with Gasteiger partial charge < -0.3 is 19.6 Å². The highest BCUT2D eigenvalue weighted by Gasteiger charge is 2.77. The van der Waals surface area contributed by atoms with Crippen LogP contribution in [0.4, 0.5) is 0 Å². The molecule has 0 saturated carbocycles. The molecule has 1 N–H and O–H groups in total. The Kier molecular flexibility index (Phi) is 7.97. The average molecular weight is 467 g/mol. The summed E-state index contributed by atoms with van der Waals surface area (Å²) in [5.41, 5.74) is 0. The monoisotopic (exact) mass is 466 g/mol.